The molecule has 0 N–H and O–H groups in total. The smallest absolute Gasteiger partial charge is 0.167 e. The largest absolute Gasteiger partial charge is 0.456 e. The highest BCUT2D eigenvalue weighted by Gasteiger charge is 2.20. The first-order valence-corrected chi connectivity index (χ1v) is 23.2. The summed E-state index contributed by atoms with van der Waals surface area (Å²) >= 11 is 0. The van der Waals surface area contributed by atoms with Gasteiger partial charge in [0.15, 0.2) is 17.5 Å². The Balaban J connectivity index is 0.835. The van der Waals surface area contributed by atoms with Gasteiger partial charge in [0.1, 0.15) is 22.3 Å². The molecule has 0 bridgehead atoms. The van der Waals surface area contributed by atoms with E-state index in [1.807, 2.05) is 42.5 Å². The molecule has 0 radical (unpaired) electrons. The molecule has 0 aliphatic heterocycles. The van der Waals surface area contributed by atoms with Crippen LogP contribution >= 0.6 is 0 Å². The molecule has 0 saturated heterocycles. The van der Waals surface area contributed by atoms with Crippen LogP contribution < -0.4 is 0 Å². The molecule has 6 heteroatoms. The Morgan fingerprint density at radius 1 is 0.275 bits per heavy atom. The molecule has 0 spiro atoms. The third-order valence-electron chi connectivity index (χ3n) is 13.5. The van der Waals surface area contributed by atoms with E-state index in [-0.39, 0.29) is 0 Å². The summed E-state index contributed by atoms with van der Waals surface area (Å²) in [5.74, 6) is 1.74. The van der Waals surface area contributed by atoms with Gasteiger partial charge in [-0.2, -0.15) is 0 Å². The first kappa shape index (κ1) is 38.8. The van der Waals surface area contributed by atoms with E-state index >= 15 is 0 Å². The quantitative estimate of drug-likeness (QED) is 0.159. The van der Waals surface area contributed by atoms with E-state index in [9.17, 15) is 0 Å². The Hall–Kier alpha value is -9.39. The highest BCUT2D eigenvalue weighted by atomic mass is 16.3. The van der Waals surface area contributed by atoms with Crippen molar-refractivity contribution in [2.75, 3.05) is 0 Å². The molecule has 0 atom stereocenters. The van der Waals surface area contributed by atoms with Crippen molar-refractivity contribution in [1.29, 1.82) is 0 Å². The predicted octanol–water partition coefficient (Wildman–Crippen LogP) is 16.8. The second-order valence-electron chi connectivity index (χ2n) is 17.6. The van der Waals surface area contributed by atoms with Crippen LogP contribution in [0.2, 0.25) is 0 Å². The maximum atomic E-state index is 6.70. The lowest BCUT2D eigenvalue weighted by molar-refractivity contribution is 0.668. The third kappa shape index (κ3) is 6.53. The summed E-state index contributed by atoms with van der Waals surface area (Å²) in [6.45, 7) is 0. The Kier molecular flexibility index (Phi) is 8.79. The molecule has 0 saturated carbocycles. The average molecular weight is 883 g/mol. The number of furan rings is 2. The van der Waals surface area contributed by atoms with Crippen molar-refractivity contribution in [2.45, 2.75) is 0 Å². The van der Waals surface area contributed by atoms with Crippen molar-refractivity contribution in [1.82, 2.24) is 19.5 Å². The number of para-hydroxylation sites is 2. The van der Waals surface area contributed by atoms with Gasteiger partial charge in [-0.15, -0.1) is 0 Å². The molecule has 0 fully saturated rings. The van der Waals surface area contributed by atoms with Crippen LogP contribution in [0.5, 0.6) is 0 Å². The highest BCUT2D eigenvalue weighted by molar-refractivity contribution is 6.13. The molecule has 0 unspecified atom stereocenters. The average Bonchev–Trinajstić information content (AvgIpc) is 4.10. The molecule has 0 amide bonds. The number of aromatic nitrogens is 4. The zero-order valence-corrected chi connectivity index (χ0v) is 37.0. The van der Waals surface area contributed by atoms with Crippen molar-refractivity contribution in [3.63, 3.8) is 0 Å². The molecular weight excluding hydrogens is 845 g/mol. The van der Waals surface area contributed by atoms with Crippen molar-refractivity contribution in [2.24, 2.45) is 0 Å². The zero-order valence-electron chi connectivity index (χ0n) is 37.0. The molecule has 10 aromatic carbocycles. The van der Waals surface area contributed by atoms with Crippen LogP contribution in [0.4, 0.5) is 0 Å². The summed E-state index contributed by atoms with van der Waals surface area (Å²) in [7, 11) is 0. The number of rotatable bonds is 7. The van der Waals surface area contributed by atoms with Crippen LogP contribution in [0.25, 0.3) is 139 Å². The number of hydrogen-bond donors (Lipinski definition) is 0. The number of fused-ring (bicyclic) bond motifs is 9. The van der Waals surface area contributed by atoms with Gasteiger partial charge in [-0.1, -0.05) is 164 Å². The molecule has 14 aromatic rings. The van der Waals surface area contributed by atoms with Crippen LogP contribution in [0, 0.1) is 0 Å². The van der Waals surface area contributed by atoms with E-state index in [4.69, 9.17) is 23.8 Å². The topological polar surface area (TPSA) is 69.9 Å². The van der Waals surface area contributed by atoms with Gasteiger partial charge < -0.3 is 13.4 Å². The lowest BCUT2D eigenvalue weighted by Crippen LogP contribution is -2.00. The number of nitrogens with zero attached hydrogens (tertiary/aromatic N) is 4. The summed E-state index contributed by atoms with van der Waals surface area (Å²) in [5.41, 5.74) is 16.1. The zero-order chi connectivity index (χ0) is 45.4. The van der Waals surface area contributed by atoms with E-state index in [1.54, 1.807) is 0 Å². The second kappa shape index (κ2) is 15.6. The maximum Gasteiger partial charge on any atom is 0.167 e. The molecule has 322 valence electrons. The molecular formula is C63H38N4O2. The Morgan fingerprint density at radius 2 is 0.768 bits per heavy atom. The molecule has 14 rings (SSSR count). The fraction of sp³-hybridized carbons (Fsp3) is 0. The van der Waals surface area contributed by atoms with E-state index in [0.29, 0.717) is 17.5 Å². The lowest BCUT2D eigenvalue weighted by atomic mass is 10.00. The fourth-order valence-corrected chi connectivity index (χ4v) is 10.1. The van der Waals surface area contributed by atoms with Gasteiger partial charge in [-0.25, -0.2) is 15.0 Å². The summed E-state index contributed by atoms with van der Waals surface area (Å²) < 4.78 is 15.7. The summed E-state index contributed by atoms with van der Waals surface area (Å²) in [6, 6.07) is 80.5. The van der Waals surface area contributed by atoms with Crippen molar-refractivity contribution < 1.29 is 8.83 Å². The van der Waals surface area contributed by atoms with Crippen LogP contribution in [0.3, 0.4) is 0 Å². The molecule has 4 heterocycles. The Labute approximate surface area is 396 Å². The lowest BCUT2D eigenvalue weighted by Gasteiger charge is -2.09. The van der Waals surface area contributed by atoms with Gasteiger partial charge in [0.05, 0.1) is 16.6 Å². The van der Waals surface area contributed by atoms with E-state index < -0.39 is 0 Å². The SMILES string of the molecule is c1ccc(-c2ccc(-c3nc(-c4ccccc4)nc(-c4cccc5c4oc4ccc(-c6ccc7oc8cc(-n9c%10ccccc%10c%10cc(-c%11ccccc%11)ccc%109)ccc8c7c6)cc45)n3)cc2)cc1. The first-order chi connectivity index (χ1) is 34.2. The molecule has 0 aliphatic rings. The van der Waals surface area contributed by atoms with Gasteiger partial charge in [0.2, 0.25) is 0 Å². The fourth-order valence-electron chi connectivity index (χ4n) is 10.1. The first-order valence-electron chi connectivity index (χ1n) is 23.2. The molecule has 69 heavy (non-hydrogen) atoms. The minimum absolute atomic E-state index is 0.548. The normalized spacial score (nSPS) is 11.8. The minimum Gasteiger partial charge on any atom is -0.456 e. The summed E-state index contributed by atoms with van der Waals surface area (Å²) in [5, 5.41) is 6.58. The molecule has 4 aromatic heterocycles. The van der Waals surface area contributed by atoms with E-state index in [2.05, 4.69) is 193 Å². The molecule has 0 aliphatic carbocycles. The van der Waals surface area contributed by atoms with E-state index in [1.165, 1.54) is 21.9 Å². The van der Waals surface area contributed by atoms with E-state index in [0.717, 1.165) is 99.5 Å². The number of benzene rings is 10. The van der Waals surface area contributed by atoms with Gasteiger partial charge >= 0.3 is 0 Å². The monoisotopic (exact) mass is 882 g/mol. The number of hydrogen-bond acceptors (Lipinski definition) is 5. The minimum atomic E-state index is 0.548. The Morgan fingerprint density at radius 3 is 1.49 bits per heavy atom. The maximum absolute atomic E-state index is 6.70. The molecule has 6 nitrogen and oxygen atoms in total. The van der Waals surface area contributed by atoms with Gasteiger partial charge in [-0.05, 0) is 94.0 Å². The second-order valence-corrected chi connectivity index (χ2v) is 17.6. The third-order valence-corrected chi connectivity index (χ3v) is 13.5. The van der Waals surface area contributed by atoms with Gasteiger partial charge in [-0.3, -0.25) is 0 Å². The standard InChI is InChI=1S/C63H38N4O2/c1-4-13-39(14-5-1)41-23-25-43(26-24-41)62-64-61(42-17-8-3-9-18-42)65-63(66-62)51-21-12-20-50-54-37-46(29-34-58(54)69-60(50)51)45-28-33-57-53(36-45)49-31-30-47(38-59(49)68-57)67-55-22-11-10-19-48(55)52-35-44(27-32-56(52)67)40-15-6-2-7-16-40/h1-38H. The highest BCUT2D eigenvalue weighted by Crippen LogP contribution is 2.41. The van der Waals surface area contributed by atoms with Crippen LogP contribution in [0.1, 0.15) is 0 Å². The van der Waals surface area contributed by atoms with Crippen molar-refractivity contribution in [3.8, 4) is 73.2 Å². The van der Waals surface area contributed by atoms with Crippen molar-refractivity contribution >= 4 is 65.7 Å². The Bertz CT molecular complexity index is 4290. The predicted molar refractivity (Wildman–Crippen MR) is 281 cm³/mol. The van der Waals surface area contributed by atoms with Gasteiger partial charge in [0.25, 0.3) is 0 Å². The van der Waals surface area contributed by atoms with Crippen LogP contribution in [-0.2, 0) is 0 Å². The van der Waals surface area contributed by atoms with Gasteiger partial charge in [0, 0.05) is 55.2 Å². The summed E-state index contributed by atoms with van der Waals surface area (Å²) in [6.07, 6.45) is 0. The summed E-state index contributed by atoms with van der Waals surface area (Å²) in [4.78, 5) is 15.2. The van der Waals surface area contributed by atoms with Crippen LogP contribution in [-0.4, -0.2) is 19.5 Å². The van der Waals surface area contributed by atoms with Crippen LogP contribution in [0.15, 0.2) is 239 Å². The van der Waals surface area contributed by atoms with Crippen molar-refractivity contribution in [3.05, 3.63) is 231 Å².